The van der Waals surface area contributed by atoms with Crippen molar-refractivity contribution in [1.82, 2.24) is 4.57 Å². The molecule has 0 bridgehead atoms. The summed E-state index contributed by atoms with van der Waals surface area (Å²) in [6, 6.07) is 32.7. The maximum absolute atomic E-state index is 13.4. The summed E-state index contributed by atoms with van der Waals surface area (Å²) in [5, 5.41) is 19.2. The fourth-order valence-corrected chi connectivity index (χ4v) is 4.59. The lowest BCUT2D eigenvalue weighted by Crippen LogP contribution is -2.22. The van der Waals surface area contributed by atoms with Crippen LogP contribution >= 0.6 is 0 Å². The quantitative estimate of drug-likeness (QED) is 0.234. The van der Waals surface area contributed by atoms with Gasteiger partial charge >= 0.3 is 0 Å². The van der Waals surface area contributed by atoms with Gasteiger partial charge < -0.3 is 14.6 Å². The van der Waals surface area contributed by atoms with Gasteiger partial charge in [-0.15, -0.1) is 0 Å². The van der Waals surface area contributed by atoms with Crippen LogP contribution in [-0.4, -0.2) is 22.7 Å². The van der Waals surface area contributed by atoms with Crippen LogP contribution in [0.25, 0.3) is 10.8 Å². The lowest BCUT2D eigenvalue weighted by molar-refractivity contribution is 0.174. The highest BCUT2D eigenvalue weighted by Crippen LogP contribution is 2.33. The molecule has 0 radical (unpaired) electrons. The molecule has 0 atom stereocenters. The standard InChI is InChI=1S/C31H25N3O4/c35-30-26-14-8-7-13-25(26)27(31(36)33(30)19-23-15-16-28-29(17-23)38-21-37-28)18-32-34(24-11-5-2-6-12-24)20-22-9-3-1-4-10-22/h1-18,36H,19-21H2/b32-18+. The average Bonchev–Trinajstić information content (AvgIpc) is 3.44. The fraction of sp³-hybridized carbons (Fsp3) is 0.0968. The number of benzene rings is 4. The summed E-state index contributed by atoms with van der Waals surface area (Å²) < 4.78 is 12.3. The van der Waals surface area contributed by atoms with E-state index in [1.807, 2.05) is 102 Å². The zero-order chi connectivity index (χ0) is 25.9. The van der Waals surface area contributed by atoms with Crippen LogP contribution in [0.4, 0.5) is 5.69 Å². The maximum atomic E-state index is 13.4. The summed E-state index contributed by atoms with van der Waals surface area (Å²) in [5.74, 6) is 1.14. The highest BCUT2D eigenvalue weighted by molar-refractivity contribution is 6.01. The molecule has 0 spiro atoms. The fourth-order valence-electron chi connectivity index (χ4n) is 4.59. The number of pyridine rings is 1. The van der Waals surface area contributed by atoms with Gasteiger partial charge in [-0.25, -0.2) is 0 Å². The van der Waals surface area contributed by atoms with Gasteiger partial charge in [0.2, 0.25) is 12.7 Å². The average molecular weight is 504 g/mol. The molecule has 0 amide bonds. The topological polar surface area (TPSA) is 76.3 Å². The number of hydrogen-bond donors (Lipinski definition) is 1. The van der Waals surface area contributed by atoms with Crippen molar-refractivity contribution in [2.75, 3.05) is 11.8 Å². The Morgan fingerprint density at radius 3 is 2.29 bits per heavy atom. The Morgan fingerprint density at radius 2 is 1.50 bits per heavy atom. The number of fused-ring (bicyclic) bond motifs is 2. The molecule has 7 nitrogen and oxygen atoms in total. The monoisotopic (exact) mass is 503 g/mol. The van der Waals surface area contributed by atoms with Gasteiger partial charge in [-0.3, -0.25) is 14.4 Å². The Balaban J connectivity index is 1.43. The lowest BCUT2D eigenvalue weighted by atomic mass is 10.1. The number of aromatic hydroxyl groups is 1. The predicted molar refractivity (Wildman–Crippen MR) is 148 cm³/mol. The van der Waals surface area contributed by atoms with Crippen molar-refractivity contribution >= 4 is 22.7 Å². The molecule has 0 aliphatic carbocycles. The van der Waals surface area contributed by atoms with Crippen LogP contribution in [-0.2, 0) is 13.1 Å². The molecule has 1 N–H and O–H groups in total. The second-order valence-electron chi connectivity index (χ2n) is 8.99. The smallest absolute Gasteiger partial charge is 0.261 e. The molecule has 0 saturated heterocycles. The maximum Gasteiger partial charge on any atom is 0.261 e. The molecular formula is C31H25N3O4. The lowest BCUT2D eigenvalue weighted by Gasteiger charge is -2.20. The Labute approximate surface area is 219 Å². The Hall–Kier alpha value is -5.04. The molecule has 38 heavy (non-hydrogen) atoms. The van der Waals surface area contributed by atoms with E-state index >= 15 is 0 Å². The number of rotatable bonds is 7. The normalized spacial score (nSPS) is 12.3. The summed E-state index contributed by atoms with van der Waals surface area (Å²) in [6.45, 7) is 0.873. The number of para-hydroxylation sites is 1. The van der Waals surface area contributed by atoms with E-state index in [0.29, 0.717) is 34.4 Å². The van der Waals surface area contributed by atoms with Crippen LogP contribution in [0.1, 0.15) is 16.7 Å². The molecule has 2 heterocycles. The third kappa shape index (κ3) is 4.57. The molecule has 6 rings (SSSR count). The highest BCUT2D eigenvalue weighted by Gasteiger charge is 2.18. The van der Waals surface area contributed by atoms with E-state index in [0.717, 1.165) is 16.8 Å². The van der Waals surface area contributed by atoms with E-state index in [1.165, 1.54) is 4.57 Å². The molecule has 1 aliphatic rings. The first-order chi connectivity index (χ1) is 18.7. The zero-order valence-corrected chi connectivity index (χ0v) is 20.5. The minimum Gasteiger partial charge on any atom is -0.494 e. The second-order valence-corrected chi connectivity index (χ2v) is 8.99. The van der Waals surface area contributed by atoms with Gasteiger partial charge in [0, 0.05) is 10.8 Å². The Bertz CT molecular complexity index is 1680. The zero-order valence-electron chi connectivity index (χ0n) is 20.5. The van der Waals surface area contributed by atoms with Gasteiger partial charge in [0.25, 0.3) is 5.56 Å². The van der Waals surface area contributed by atoms with E-state index in [2.05, 4.69) is 0 Å². The molecule has 0 fully saturated rings. The Morgan fingerprint density at radius 1 is 0.816 bits per heavy atom. The van der Waals surface area contributed by atoms with E-state index in [9.17, 15) is 9.90 Å². The molecule has 1 aliphatic heterocycles. The van der Waals surface area contributed by atoms with Gasteiger partial charge in [0.15, 0.2) is 11.5 Å². The van der Waals surface area contributed by atoms with Gasteiger partial charge in [0.1, 0.15) is 0 Å². The third-order valence-electron chi connectivity index (χ3n) is 6.52. The SMILES string of the molecule is O=c1c2ccccc2c(/C=N/N(Cc2ccccc2)c2ccccc2)c(O)n1Cc1ccc2c(c1)OCO2. The van der Waals surface area contributed by atoms with Crippen molar-refractivity contribution in [3.05, 3.63) is 130 Å². The van der Waals surface area contributed by atoms with Gasteiger partial charge in [-0.1, -0.05) is 72.8 Å². The number of anilines is 1. The summed E-state index contributed by atoms with van der Waals surface area (Å²) in [5.41, 5.74) is 2.99. The third-order valence-corrected chi connectivity index (χ3v) is 6.52. The summed E-state index contributed by atoms with van der Waals surface area (Å²) in [7, 11) is 0. The van der Waals surface area contributed by atoms with Gasteiger partial charge in [0.05, 0.1) is 30.6 Å². The first kappa shape index (κ1) is 23.4. The molecule has 0 saturated carbocycles. The predicted octanol–water partition coefficient (Wildman–Crippen LogP) is 5.52. The molecule has 5 aromatic rings. The first-order valence-electron chi connectivity index (χ1n) is 12.3. The highest BCUT2D eigenvalue weighted by atomic mass is 16.7. The van der Waals surface area contributed by atoms with E-state index < -0.39 is 0 Å². The second kappa shape index (κ2) is 10.1. The van der Waals surface area contributed by atoms with Crippen LogP contribution in [0.3, 0.4) is 0 Å². The number of aromatic nitrogens is 1. The van der Waals surface area contributed by atoms with Gasteiger partial charge in [-0.05, 0) is 41.5 Å². The molecule has 188 valence electrons. The summed E-state index contributed by atoms with van der Waals surface area (Å²) in [6.07, 6.45) is 1.63. The Kier molecular flexibility index (Phi) is 6.24. The van der Waals surface area contributed by atoms with Crippen LogP contribution in [0.5, 0.6) is 17.4 Å². The summed E-state index contributed by atoms with van der Waals surface area (Å²) in [4.78, 5) is 13.4. The number of hydrazone groups is 1. The van der Waals surface area contributed by atoms with Crippen LogP contribution in [0.2, 0.25) is 0 Å². The minimum atomic E-state index is -0.280. The van der Waals surface area contributed by atoms with Crippen molar-refractivity contribution in [1.29, 1.82) is 0 Å². The van der Waals surface area contributed by atoms with Crippen molar-refractivity contribution in [2.45, 2.75) is 13.1 Å². The van der Waals surface area contributed by atoms with Crippen LogP contribution in [0, 0.1) is 0 Å². The number of hydrogen-bond acceptors (Lipinski definition) is 6. The number of ether oxygens (including phenoxy) is 2. The van der Waals surface area contributed by atoms with Crippen LogP contribution < -0.4 is 20.0 Å². The molecule has 0 unspecified atom stereocenters. The molecule has 4 aromatic carbocycles. The van der Waals surface area contributed by atoms with E-state index in [4.69, 9.17) is 14.6 Å². The van der Waals surface area contributed by atoms with Crippen molar-refractivity contribution in [3.63, 3.8) is 0 Å². The van der Waals surface area contributed by atoms with Crippen molar-refractivity contribution in [3.8, 4) is 17.4 Å². The van der Waals surface area contributed by atoms with Crippen molar-refractivity contribution in [2.24, 2.45) is 5.10 Å². The molecular weight excluding hydrogens is 478 g/mol. The van der Waals surface area contributed by atoms with E-state index in [-0.39, 0.29) is 24.8 Å². The summed E-state index contributed by atoms with van der Waals surface area (Å²) >= 11 is 0. The largest absolute Gasteiger partial charge is 0.494 e. The van der Waals surface area contributed by atoms with Crippen molar-refractivity contribution < 1.29 is 14.6 Å². The molecule has 1 aromatic heterocycles. The minimum absolute atomic E-state index is 0.150. The van der Waals surface area contributed by atoms with Gasteiger partial charge in [-0.2, -0.15) is 5.10 Å². The molecule has 7 heteroatoms. The van der Waals surface area contributed by atoms with E-state index in [1.54, 1.807) is 12.3 Å². The van der Waals surface area contributed by atoms with Crippen LogP contribution in [0.15, 0.2) is 113 Å². The first-order valence-corrected chi connectivity index (χ1v) is 12.3. The number of nitrogens with zero attached hydrogens (tertiary/aromatic N) is 3.